The lowest BCUT2D eigenvalue weighted by Gasteiger charge is -2.31. The molecule has 0 amide bonds. The van der Waals surface area contributed by atoms with Crippen molar-refractivity contribution in [1.29, 1.82) is 0 Å². The molecule has 0 spiro atoms. The second kappa shape index (κ2) is 12.9. The minimum atomic E-state index is -3.39. The van der Waals surface area contributed by atoms with Crippen LogP contribution in [0.25, 0.3) is 0 Å². The molecule has 0 atom stereocenters. The Balaban J connectivity index is 1.53. The smallest absolute Gasteiger partial charge is 0.214 e. The summed E-state index contributed by atoms with van der Waals surface area (Å²) in [5.41, 5.74) is 5.18. The largest absolute Gasteiger partial charge is 0.395 e. The molecular formula is C23H33F2N5O4S2. The van der Waals surface area contributed by atoms with Crippen LogP contribution in [0.5, 0.6) is 0 Å². The average molecular weight is 546 g/mol. The van der Waals surface area contributed by atoms with Gasteiger partial charge in [-0.05, 0) is 50.9 Å². The number of aliphatic hydroxyl groups excluding tert-OH is 1. The molecule has 9 nitrogen and oxygen atoms in total. The normalized spacial score (nSPS) is 15.5. The van der Waals surface area contributed by atoms with E-state index in [1.54, 1.807) is 0 Å². The van der Waals surface area contributed by atoms with Gasteiger partial charge in [0.1, 0.15) is 22.3 Å². The standard InChI is InChI=1S/C23H33F2N5O4S2/c1-2-9-29(13-14-31)10-4-15-36(33,34)30-11-7-16(8-12-30)27-23-28-22(26)21(35-23)20(32)19-17(24)5-3-6-18(19)25/h3,5-6,16,31H,2,4,7-15,26H2,1H3,(H,27,28). The first kappa shape index (κ1) is 28.4. The number of rotatable bonds is 13. The van der Waals surface area contributed by atoms with Crippen molar-refractivity contribution in [3.63, 3.8) is 0 Å². The number of halogens is 2. The fourth-order valence-electron chi connectivity index (χ4n) is 4.23. The molecule has 200 valence electrons. The highest BCUT2D eigenvalue weighted by atomic mass is 32.2. The number of sulfonamides is 1. The van der Waals surface area contributed by atoms with E-state index in [9.17, 15) is 22.0 Å². The third-order valence-corrected chi connectivity index (χ3v) is 9.01. The number of hydrogen-bond acceptors (Lipinski definition) is 9. The Kier molecular flexibility index (Phi) is 10.1. The van der Waals surface area contributed by atoms with Gasteiger partial charge in [-0.2, -0.15) is 0 Å². The maximum absolute atomic E-state index is 14.0. The van der Waals surface area contributed by atoms with Gasteiger partial charge in [-0.3, -0.25) is 4.79 Å². The Morgan fingerprint density at radius 2 is 1.92 bits per heavy atom. The highest BCUT2D eigenvalue weighted by Gasteiger charge is 2.29. The molecule has 13 heteroatoms. The number of nitrogens with zero attached hydrogens (tertiary/aromatic N) is 3. The molecule has 1 fully saturated rings. The molecular weight excluding hydrogens is 512 g/mol. The molecule has 1 aliphatic rings. The molecule has 1 aromatic heterocycles. The summed E-state index contributed by atoms with van der Waals surface area (Å²) in [4.78, 5) is 18.8. The van der Waals surface area contributed by atoms with Gasteiger partial charge in [0.05, 0.1) is 17.9 Å². The zero-order chi connectivity index (χ0) is 26.3. The Hall–Kier alpha value is -2.19. The zero-order valence-corrected chi connectivity index (χ0v) is 21.9. The Labute approximate surface area is 214 Å². The second-order valence-corrected chi connectivity index (χ2v) is 11.8. The van der Waals surface area contributed by atoms with E-state index >= 15 is 0 Å². The van der Waals surface area contributed by atoms with Gasteiger partial charge >= 0.3 is 0 Å². The van der Waals surface area contributed by atoms with E-state index < -0.39 is 33.0 Å². The number of anilines is 2. The van der Waals surface area contributed by atoms with Gasteiger partial charge in [-0.25, -0.2) is 26.5 Å². The predicted molar refractivity (Wildman–Crippen MR) is 137 cm³/mol. The number of piperidine rings is 1. The van der Waals surface area contributed by atoms with Crippen LogP contribution in [0.2, 0.25) is 0 Å². The first-order valence-electron chi connectivity index (χ1n) is 12.0. The number of hydrogen-bond donors (Lipinski definition) is 3. The highest BCUT2D eigenvalue weighted by molar-refractivity contribution is 7.89. The lowest BCUT2D eigenvalue weighted by atomic mass is 10.1. The van der Waals surface area contributed by atoms with Crippen LogP contribution >= 0.6 is 11.3 Å². The minimum Gasteiger partial charge on any atom is -0.395 e. The number of benzene rings is 1. The minimum absolute atomic E-state index is 0.0493. The zero-order valence-electron chi connectivity index (χ0n) is 20.3. The topological polar surface area (TPSA) is 129 Å². The number of aliphatic hydroxyl groups is 1. The third-order valence-electron chi connectivity index (χ3n) is 6.06. The van der Waals surface area contributed by atoms with E-state index in [2.05, 4.69) is 15.2 Å². The van der Waals surface area contributed by atoms with E-state index in [1.807, 2.05) is 6.92 Å². The second-order valence-electron chi connectivity index (χ2n) is 8.71. The van der Waals surface area contributed by atoms with Gasteiger partial charge in [-0.1, -0.05) is 24.3 Å². The maximum atomic E-state index is 14.0. The van der Waals surface area contributed by atoms with Crippen LogP contribution in [-0.2, 0) is 10.0 Å². The van der Waals surface area contributed by atoms with Crippen molar-refractivity contribution in [2.75, 3.05) is 56.1 Å². The van der Waals surface area contributed by atoms with E-state index in [4.69, 9.17) is 10.8 Å². The number of nitrogens with one attached hydrogen (secondary N) is 1. The molecule has 0 aliphatic carbocycles. The molecule has 4 N–H and O–H groups in total. The molecule has 2 heterocycles. The number of nitrogens with two attached hydrogens (primary N) is 1. The van der Waals surface area contributed by atoms with E-state index in [-0.39, 0.29) is 29.1 Å². The van der Waals surface area contributed by atoms with Crippen LogP contribution in [0.15, 0.2) is 18.2 Å². The Bertz CT molecular complexity index is 1110. The molecule has 0 bridgehead atoms. The summed E-state index contributed by atoms with van der Waals surface area (Å²) < 4.78 is 55.1. The van der Waals surface area contributed by atoms with E-state index in [1.165, 1.54) is 10.4 Å². The summed E-state index contributed by atoms with van der Waals surface area (Å²) >= 11 is 0.917. The fourth-order valence-corrected chi connectivity index (χ4v) is 6.66. The van der Waals surface area contributed by atoms with E-state index in [0.717, 1.165) is 36.4 Å². The lowest BCUT2D eigenvalue weighted by Crippen LogP contribution is -2.43. The summed E-state index contributed by atoms with van der Waals surface area (Å²) in [5, 5.41) is 12.7. The number of carbonyl (C=O) groups excluding carboxylic acids is 1. The lowest BCUT2D eigenvalue weighted by molar-refractivity contribution is 0.103. The predicted octanol–water partition coefficient (Wildman–Crippen LogP) is 2.54. The molecule has 0 saturated carbocycles. The average Bonchev–Trinajstić information content (AvgIpc) is 3.19. The van der Waals surface area contributed by atoms with Crippen LogP contribution in [0.4, 0.5) is 19.7 Å². The molecule has 3 rings (SSSR count). The molecule has 2 aromatic rings. The van der Waals surface area contributed by atoms with Crippen molar-refractivity contribution < 1.29 is 27.1 Å². The molecule has 0 unspecified atom stereocenters. The number of aromatic nitrogens is 1. The third kappa shape index (κ3) is 7.19. The summed E-state index contributed by atoms with van der Waals surface area (Å²) in [7, 11) is -3.39. The van der Waals surface area contributed by atoms with Gasteiger partial charge in [0.25, 0.3) is 0 Å². The number of ketones is 1. The fraction of sp³-hybridized carbons (Fsp3) is 0.565. The summed E-state index contributed by atoms with van der Waals surface area (Å²) in [5.74, 6) is -2.87. The summed E-state index contributed by atoms with van der Waals surface area (Å²) in [6.07, 6.45) is 2.51. The number of thiazole rings is 1. The Morgan fingerprint density at radius 3 is 2.53 bits per heavy atom. The van der Waals surface area contributed by atoms with Crippen molar-refractivity contribution >= 4 is 38.1 Å². The SMILES string of the molecule is CCCN(CCO)CCCS(=O)(=O)N1CCC(Nc2nc(N)c(C(=O)c3c(F)cccc3F)s2)CC1. The number of nitrogen functional groups attached to an aromatic ring is 1. The van der Waals surface area contributed by atoms with Crippen LogP contribution in [0.3, 0.4) is 0 Å². The summed E-state index contributed by atoms with van der Waals surface area (Å²) in [6, 6.07) is 3.10. The summed E-state index contributed by atoms with van der Waals surface area (Å²) in [6.45, 7) is 4.77. The monoisotopic (exact) mass is 545 g/mol. The van der Waals surface area contributed by atoms with Crippen LogP contribution in [-0.4, -0.2) is 84.6 Å². The van der Waals surface area contributed by atoms with E-state index in [0.29, 0.717) is 50.6 Å². The number of carbonyl (C=O) groups is 1. The Morgan fingerprint density at radius 1 is 1.25 bits per heavy atom. The highest BCUT2D eigenvalue weighted by Crippen LogP contribution is 2.30. The van der Waals surface area contributed by atoms with Gasteiger partial charge in [0.2, 0.25) is 15.8 Å². The van der Waals surface area contributed by atoms with Gasteiger partial charge in [-0.15, -0.1) is 0 Å². The van der Waals surface area contributed by atoms with Crippen LogP contribution < -0.4 is 11.1 Å². The van der Waals surface area contributed by atoms with Crippen LogP contribution in [0, 0.1) is 11.6 Å². The van der Waals surface area contributed by atoms with Crippen molar-refractivity contribution in [1.82, 2.24) is 14.2 Å². The molecule has 1 aromatic carbocycles. The van der Waals surface area contributed by atoms with Crippen molar-refractivity contribution in [3.8, 4) is 0 Å². The first-order valence-corrected chi connectivity index (χ1v) is 14.4. The van der Waals surface area contributed by atoms with Crippen molar-refractivity contribution in [3.05, 3.63) is 40.3 Å². The molecule has 36 heavy (non-hydrogen) atoms. The molecule has 1 aliphatic heterocycles. The van der Waals surface area contributed by atoms with Crippen LogP contribution in [0.1, 0.15) is 47.8 Å². The first-order chi connectivity index (χ1) is 17.2. The quantitative estimate of drug-likeness (QED) is 0.328. The van der Waals surface area contributed by atoms with Crippen molar-refractivity contribution in [2.45, 2.75) is 38.6 Å². The van der Waals surface area contributed by atoms with Gasteiger partial charge in [0, 0.05) is 25.7 Å². The van der Waals surface area contributed by atoms with Gasteiger partial charge in [0.15, 0.2) is 5.13 Å². The van der Waals surface area contributed by atoms with Gasteiger partial charge < -0.3 is 21.1 Å². The maximum Gasteiger partial charge on any atom is 0.214 e. The van der Waals surface area contributed by atoms with Crippen molar-refractivity contribution in [2.24, 2.45) is 0 Å². The molecule has 0 radical (unpaired) electrons. The molecule has 1 saturated heterocycles.